The van der Waals surface area contributed by atoms with Gasteiger partial charge in [0.1, 0.15) is 11.6 Å². The molecule has 0 saturated heterocycles. The van der Waals surface area contributed by atoms with Gasteiger partial charge in [-0.3, -0.25) is 10.1 Å². The van der Waals surface area contributed by atoms with Crippen LogP contribution in [0.2, 0.25) is 0 Å². The predicted octanol–water partition coefficient (Wildman–Crippen LogP) is 3.10. The summed E-state index contributed by atoms with van der Waals surface area (Å²) < 4.78 is 0. The monoisotopic (exact) mass is 274 g/mol. The molecule has 19 heavy (non-hydrogen) atoms. The standard InChI is InChI=1S/C12H10N4O2S/c1-8(10-3-5-19-7-10)15-12-11(16(17)18)9(6-13)2-4-14-12/h2-5,7-8H,1H3,(H,14,15). The highest BCUT2D eigenvalue weighted by atomic mass is 32.1. The van der Waals surface area contributed by atoms with Gasteiger partial charge in [-0.05, 0) is 35.4 Å². The van der Waals surface area contributed by atoms with Crippen molar-refractivity contribution in [3.63, 3.8) is 0 Å². The van der Waals surface area contributed by atoms with Gasteiger partial charge in [0.25, 0.3) is 0 Å². The summed E-state index contributed by atoms with van der Waals surface area (Å²) in [5, 5.41) is 26.8. The van der Waals surface area contributed by atoms with Crippen LogP contribution in [0.1, 0.15) is 24.1 Å². The minimum atomic E-state index is -0.589. The second-order valence-corrected chi connectivity index (χ2v) is 4.63. The van der Waals surface area contributed by atoms with Gasteiger partial charge in [0, 0.05) is 6.20 Å². The second-order valence-electron chi connectivity index (χ2n) is 3.85. The van der Waals surface area contributed by atoms with E-state index in [0.717, 1.165) is 5.56 Å². The molecular formula is C12H10N4O2S. The number of anilines is 1. The van der Waals surface area contributed by atoms with E-state index in [1.807, 2.05) is 23.8 Å². The molecule has 0 radical (unpaired) electrons. The quantitative estimate of drug-likeness (QED) is 0.683. The average Bonchev–Trinajstić information content (AvgIpc) is 2.92. The number of pyridine rings is 1. The molecule has 0 fully saturated rings. The summed E-state index contributed by atoms with van der Waals surface area (Å²) >= 11 is 1.55. The molecule has 2 heterocycles. The molecule has 0 aliphatic heterocycles. The molecule has 7 heteroatoms. The normalized spacial score (nSPS) is 11.6. The Morgan fingerprint density at radius 3 is 2.95 bits per heavy atom. The molecule has 1 atom stereocenters. The Balaban J connectivity index is 2.35. The van der Waals surface area contributed by atoms with Gasteiger partial charge in [0.05, 0.1) is 11.0 Å². The molecule has 1 unspecified atom stereocenters. The number of nitrogens with one attached hydrogen (secondary N) is 1. The van der Waals surface area contributed by atoms with Crippen molar-refractivity contribution < 1.29 is 4.92 Å². The van der Waals surface area contributed by atoms with Gasteiger partial charge in [-0.15, -0.1) is 0 Å². The Hall–Kier alpha value is -2.46. The van der Waals surface area contributed by atoms with Gasteiger partial charge in [-0.1, -0.05) is 0 Å². The van der Waals surface area contributed by atoms with E-state index in [-0.39, 0.29) is 23.1 Å². The maximum atomic E-state index is 11.0. The van der Waals surface area contributed by atoms with Crippen molar-refractivity contribution in [3.8, 4) is 6.07 Å². The third-order valence-electron chi connectivity index (χ3n) is 2.62. The molecule has 0 aliphatic rings. The Morgan fingerprint density at radius 2 is 2.37 bits per heavy atom. The van der Waals surface area contributed by atoms with Crippen LogP contribution in [0.4, 0.5) is 11.5 Å². The predicted molar refractivity (Wildman–Crippen MR) is 72.0 cm³/mol. The molecular weight excluding hydrogens is 264 g/mol. The summed E-state index contributed by atoms with van der Waals surface area (Å²) in [4.78, 5) is 14.4. The molecule has 0 aromatic carbocycles. The molecule has 96 valence electrons. The molecule has 1 N–H and O–H groups in total. The van der Waals surface area contributed by atoms with Crippen molar-refractivity contribution >= 4 is 22.8 Å². The fourth-order valence-corrected chi connectivity index (χ4v) is 2.40. The molecule has 0 bridgehead atoms. The Labute approximate surface area is 113 Å². The van der Waals surface area contributed by atoms with Crippen LogP contribution in [0.15, 0.2) is 29.1 Å². The number of nitriles is 1. The van der Waals surface area contributed by atoms with Crippen LogP contribution in [-0.4, -0.2) is 9.91 Å². The third kappa shape index (κ3) is 2.69. The summed E-state index contributed by atoms with van der Waals surface area (Å²) in [6, 6.07) is 4.95. The lowest BCUT2D eigenvalue weighted by atomic mass is 10.1. The third-order valence-corrected chi connectivity index (χ3v) is 3.33. The van der Waals surface area contributed by atoms with Gasteiger partial charge >= 0.3 is 5.69 Å². The topological polar surface area (TPSA) is 91.8 Å². The van der Waals surface area contributed by atoms with Crippen molar-refractivity contribution in [2.75, 3.05) is 5.32 Å². The lowest BCUT2D eigenvalue weighted by Gasteiger charge is -2.13. The van der Waals surface area contributed by atoms with E-state index in [4.69, 9.17) is 5.26 Å². The Bertz CT molecular complexity index is 634. The lowest BCUT2D eigenvalue weighted by molar-refractivity contribution is -0.384. The summed E-state index contributed by atoms with van der Waals surface area (Å²) in [6.45, 7) is 1.88. The first-order valence-electron chi connectivity index (χ1n) is 5.45. The summed E-state index contributed by atoms with van der Waals surface area (Å²) in [5.74, 6) is 0.114. The molecule has 0 aliphatic carbocycles. The number of thiophene rings is 1. The highest BCUT2D eigenvalue weighted by Crippen LogP contribution is 2.29. The smallest absolute Gasteiger partial charge is 0.328 e. The first-order chi connectivity index (χ1) is 9.13. The first-order valence-corrected chi connectivity index (χ1v) is 6.40. The van der Waals surface area contributed by atoms with Gasteiger partial charge in [0.2, 0.25) is 5.82 Å². The summed E-state index contributed by atoms with van der Waals surface area (Å²) in [5.41, 5.74) is 0.732. The van der Waals surface area contributed by atoms with Crippen LogP contribution in [0.25, 0.3) is 0 Å². The fraction of sp³-hybridized carbons (Fsp3) is 0.167. The molecule has 2 aromatic rings. The fourth-order valence-electron chi connectivity index (χ4n) is 1.64. The molecule has 0 amide bonds. The van der Waals surface area contributed by atoms with Gasteiger partial charge in [-0.2, -0.15) is 16.6 Å². The van der Waals surface area contributed by atoms with Crippen LogP contribution in [-0.2, 0) is 0 Å². The van der Waals surface area contributed by atoms with Crippen LogP contribution in [0.3, 0.4) is 0 Å². The van der Waals surface area contributed by atoms with E-state index >= 15 is 0 Å². The zero-order chi connectivity index (χ0) is 13.8. The van der Waals surface area contributed by atoms with Gasteiger partial charge in [0.15, 0.2) is 0 Å². The minimum Gasteiger partial charge on any atom is -0.358 e. The molecule has 0 saturated carbocycles. The van der Waals surface area contributed by atoms with E-state index in [1.54, 1.807) is 17.4 Å². The van der Waals surface area contributed by atoms with Crippen LogP contribution >= 0.6 is 11.3 Å². The second kappa shape index (κ2) is 5.46. The number of nitro groups is 1. The van der Waals surface area contributed by atoms with E-state index in [1.165, 1.54) is 12.3 Å². The maximum absolute atomic E-state index is 11.0. The van der Waals surface area contributed by atoms with Crippen LogP contribution in [0, 0.1) is 21.4 Å². The van der Waals surface area contributed by atoms with E-state index < -0.39 is 4.92 Å². The Morgan fingerprint density at radius 1 is 1.58 bits per heavy atom. The lowest BCUT2D eigenvalue weighted by Crippen LogP contribution is -2.10. The van der Waals surface area contributed by atoms with Crippen molar-refractivity contribution in [2.24, 2.45) is 0 Å². The van der Waals surface area contributed by atoms with E-state index in [0.29, 0.717) is 0 Å². The van der Waals surface area contributed by atoms with Gasteiger partial charge in [-0.25, -0.2) is 4.98 Å². The molecule has 0 spiro atoms. The number of hydrogen-bond donors (Lipinski definition) is 1. The average molecular weight is 274 g/mol. The molecule has 6 nitrogen and oxygen atoms in total. The first kappa shape index (κ1) is 13.0. The van der Waals surface area contributed by atoms with Crippen LogP contribution < -0.4 is 5.32 Å². The zero-order valence-electron chi connectivity index (χ0n) is 10.0. The highest BCUT2D eigenvalue weighted by molar-refractivity contribution is 7.07. The SMILES string of the molecule is CC(Nc1nccc(C#N)c1[N+](=O)[O-])c1ccsc1. The van der Waals surface area contributed by atoms with Crippen LogP contribution in [0.5, 0.6) is 0 Å². The zero-order valence-corrected chi connectivity index (χ0v) is 10.8. The Kier molecular flexibility index (Phi) is 3.73. The van der Waals surface area contributed by atoms with E-state index in [2.05, 4.69) is 10.3 Å². The summed E-state index contributed by atoms with van der Waals surface area (Å²) in [6.07, 6.45) is 1.38. The summed E-state index contributed by atoms with van der Waals surface area (Å²) in [7, 11) is 0. The number of aromatic nitrogens is 1. The molecule has 2 rings (SSSR count). The van der Waals surface area contributed by atoms with E-state index in [9.17, 15) is 10.1 Å². The highest BCUT2D eigenvalue weighted by Gasteiger charge is 2.22. The number of hydrogen-bond acceptors (Lipinski definition) is 6. The number of rotatable bonds is 4. The van der Waals surface area contributed by atoms with Crippen molar-refractivity contribution in [1.82, 2.24) is 4.98 Å². The van der Waals surface area contributed by atoms with Crippen molar-refractivity contribution in [3.05, 3.63) is 50.3 Å². The van der Waals surface area contributed by atoms with Gasteiger partial charge < -0.3 is 5.32 Å². The maximum Gasteiger partial charge on any atom is 0.328 e. The largest absolute Gasteiger partial charge is 0.358 e. The van der Waals surface area contributed by atoms with Crippen molar-refractivity contribution in [2.45, 2.75) is 13.0 Å². The minimum absolute atomic E-state index is 0.0000172. The molecule has 2 aromatic heterocycles. The van der Waals surface area contributed by atoms with Crippen molar-refractivity contribution in [1.29, 1.82) is 5.26 Å². The number of nitrogens with zero attached hydrogens (tertiary/aromatic N) is 3.